The highest BCUT2D eigenvalue weighted by molar-refractivity contribution is 7.88. The van der Waals surface area contributed by atoms with Gasteiger partial charge in [-0.05, 0) is 13.8 Å². The monoisotopic (exact) mass is 270 g/mol. The number of piperazine rings is 1. The standard InChI is InChI=1S/C11H18N4O2S/c1-9-8-11(13-10(2)12-9)14-4-6-15(7-5-14)18(3,16)17/h8H,4-7H2,1-3H3. The Balaban J connectivity index is 2.10. The lowest BCUT2D eigenvalue weighted by atomic mass is 10.3. The van der Waals surface area contributed by atoms with Crippen LogP contribution in [0, 0.1) is 13.8 Å². The maximum Gasteiger partial charge on any atom is 0.211 e. The lowest BCUT2D eigenvalue weighted by molar-refractivity contribution is 0.386. The van der Waals surface area contributed by atoms with Crippen LogP contribution in [0.3, 0.4) is 0 Å². The summed E-state index contributed by atoms with van der Waals surface area (Å²) in [6, 6.07) is 1.93. The van der Waals surface area contributed by atoms with Gasteiger partial charge in [-0.3, -0.25) is 0 Å². The van der Waals surface area contributed by atoms with Crippen molar-refractivity contribution in [2.24, 2.45) is 0 Å². The minimum Gasteiger partial charge on any atom is -0.354 e. The third kappa shape index (κ3) is 2.97. The van der Waals surface area contributed by atoms with Crippen molar-refractivity contribution in [1.29, 1.82) is 0 Å². The van der Waals surface area contributed by atoms with E-state index in [1.165, 1.54) is 10.6 Å². The van der Waals surface area contributed by atoms with Crippen LogP contribution in [0.5, 0.6) is 0 Å². The number of nitrogens with zero attached hydrogens (tertiary/aromatic N) is 4. The molecule has 100 valence electrons. The van der Waals surface area contributed by atoms with Gasteiger partial charge in [-0.15, -0.1) is 0 Å². The van der Waals surface area contributed by atoms with E-state index in [2.05, 4.69) is 14.9 Å². The van der Waals surface area contributed by atoms with Crippen molar-refractivity contribution in [3.8, 4) is 0 Å². The van der Waals surface area contributed by atoms with Crippen LogP contribution in [-0.4, -0.2) is 55.1 Å². The average molecular weight is 270 g/mol. The molecule has 2 heterocycles. The molecule has 1 fully saturated rings. The molecule has 0 aliphatic carbocycles. The number of sulfonamides is 1. The molecule has 0 bridgehead atoms. The molecule has 0 atom stereocenters. The minimum atomic E-state index is -3.07. The van der Waals surface area contributed by atoms with E-state index in [0.717, 1.165) is 17.3 Å². The smallest absolute Gasteiger partial charge is 0.211 e. The molecule has 1 aliphatic heterocycles. The van der Waals surface area contributed by atoms with Gasteiger partial charge in [0.2, 0.25) is 10.0 Å². The van der Waals surface area contributed by atoms with Gasteiger partial charge in [-0.1, -0.05) is 0 Å². The normalized spacial score (nSPS) is 18.1. The van der Waals surface area contributed by atoms with Gasteiger partial charge in [0.1, 0.15) is 11.6 Å². The molecular weight excluding hydrogens is 252 g/mol. The Labute approximate surface area is 108 Å². The van der Waals surface area contributed by atoms with Crippen LogP contribution in [-0.2, 0) is 10.0 Å². The van der Waals surface area contributed by atoms with Crippen LogP contribution >= 0.6 is 0 Å². The maximum absolute atomic E-state index is 11.4. The number of hydrogen-bond donors (Lipinski definition) is 0. The largest absolute Gasteiger partial charge is 0.354 e. The van der Waals surface area contributed by atoms with Crippen LogP contribution in [0.15, 0.2) is 6.07 Å². The third-order valence-corrected chi connectivity index (χ3v) is 4.29. The summed E-state index contributed by atoms with van der Waals surface area (Å²) in [5.74, 6) is 1.63. The van der Waals surface area contributed by atoms with Crippen molar-refractivity contribution in [1.82, 2.24) is 14.3 Å². The number of aromatic nitrogens is 2. The Morgan fingerprint density at radius 2 is 1.72 bits per heavy atom. The molecule has 0 amide bonds. The Morgan fingerprint density at radius 1 is 1.11 bits per heavy atom. The van der Waals surface area contributed by atoms with Gasteiger partial charge >= 0.3 is 0 Å². The summed E-state index contributed by atoms with van der Waals surface area (Å²) in [5.41, 5.74) is 0.933. The third-order valence-electron chi connectivity index (χ3n) is 2.98. The molecule has 1 saturated heterocycles. The van der Waals surface area contributed by atoms with E-state index in [4.69, 9.17) is 0 Å². The second-order valence-electron chi connectivity index (χ2n) is 4.56. The van der Waals surface area contributed by atoms with Crippen molar-refractivity contribution in [2.45, 2.75) is 13.8 Å². The lowest BCUT2D eigenvalue weighted by Crippen LogP contribution is -2.48. The van der Waals surface area contributed by atoms with E-state index in [0.29, 0.717) is 26.2 Å². The molecule has 6 nitrogen and oxygen atoms in total. The first-order valence-electron chi connectivity index (χ1n) is 5.88. The molecule has 1 aromatic heterocycles. The Hall–Kier alpha value is -1.21. The van der Waals surface area contributed by atoms with Gasteiger partial charge < -0.3 is 4.90 Å². The highest BCUT2D eigenvalue weighted by Crippen LogP contribution is 2.15. The van der Waals surface area contributed by atoms with E-state index in [1.807, 2.05) is 19.9 Å². The SMILES string of the molecule is Cc1cc(N2CCN(S(C)(=O)=O)CC2)nc(C)n1. The molecule has 0 N–H and O–H groups in total. The van der Waals surface area contributed by atoms with Crippen LogP contribution in [0.1, 0.15) is 11.5 Å². The topological polar surface area (TPSA) is 66.4 Å². The molecule has 0 aromatic carbocycles. The predicted molar refractivity (Wildman–Crippen MR) is 70.1 cm³/mol. The zero-order valence-corrected chi connectivity index (χ0v) is 11.7. The Kier molecular flexibility index (Phi) is 3.54. The molecule has 7 heteroatoms. The molecule has 1 aromatic rings. The zero-order valence-electron chi connectivity index (χ0n) is 10.9. The number of anilines is 1. The van der Waals surface area contributed by atoms with Gasteiger partial charge in [0.25, 0.3) is 0 Å². The van der Waals surface area contributed by atoms with E-state index < -0.39 is 10.0 Å². The fraction of sp³-hybridized carbons (Fsp3) is 0.636. The van der Waals surface area contributed by atoms with Crippen molar-refractivity contribution >= 4 is 15.8 Å². The summed E-state index contributed by atoms with van der Waals surface area (Å²) in [4.78, 5) is 10.7. The van der Waals surface area contributed by atoms with E-state index >= 15 is 0 Å². The van der Waals surface area contributed by atoms with Gasteiger partial charge in [-0.25, -0.2) is 18.4 Å². The van der Waals surface area contributed by atoms with Crippen LogP contribution in [0.4, 0.5) is 5.82 Å². The Bertz CT molecular complexity index is 516. The fourth-order valence-electron chi connectivity index (χ4n) is 2.11. The molecule has 1 aliphatic rings. The fourth-order valence-corrected chi connectivity index (χ4v) is 2.93. The molecule has 0 spiro atoms. The van der Waals surface area contributed by atoms with Crippen LogP contribution < -0.4 is 4.90 Å². The van der Waals surface area contributed by atoms with Gasteiger partial charge in [0.05, 0.1) is 6.26 Å². The van der Waals surface area contributed by atoms with Crippen LogP contribution in [0.25, 0.3) is 0 Å². The average Bonchev–Trinajstić information content (AvgIpc) is 2.27. The Morgan fingerprint density at radius 3 is 2.22 bits per heavy atom. The van der Waals surface area contributed by atoms with Gasteiger partial charge in [0, 0.05) is 37.9 Å². The molecular formula is C11H18N4O2S. The number of hydrogen-bond acceptors (Lipinski definition) is 5. The van der Waals surface area contributed by atoms with Gasteiger partial charge in [-0.2, -0.15) is 4.31 Å². The van der Waals surface area contributed by atoms with Crippen molar-refractivity contribution < 1.29 is 8.42 Å². The van der Waals surface area contributed by atoms with E-state index in [-0.39, 0.29) is 0 Å². The van der Waals surface area contributed by atoms with E-state index in [9.17, 15) is 8.42 Å². The van der Waals surface area contributed by atoms with Crippen molar-refractivity contribution in [3.63, 3.8) is 0 Å². The molecule has 2 rings (SSSR count). The first-order chi connectivity index (χ1) is 8.36. The highest BCUT2D eigenvalue weighted by atomic mass is 32.2. The molecule has 0 saturated carbocycles. The van der Waals surface area contributed by atoms with E-state index in [1.54, 1.807) is 0 Å². The number of rotatable bonds is 2. The van der Waals surface area contributed by atoms with Crippen LogP contribution in [0.2, 0.25) is 0 Å². The lowest BCUT2D eigenvalue weighted by Gasteiger charge is -2.34. The summed E-state index contributed by atoms with van der Waals surface area (Å²) in [6.07, 6.45) is 1.25. The van der Waals surface area contributed by atoms with Crippen molar-refractivity contribution in [2.75, 3.05) is 37.3 Å². The molecule has 18 heavy (non-hydrogen) atoms. The minimum absolute atomic E-state index is 0.515. The summed E-state index contributed by atoms with van der Waals surface area (Å²) in [7, 11) is -3.07. The highest BCUT2D eigenvalue weighted by Gasteiger charge is 2.24. The summed E-state index contributed by atoms with van der Waals surface area (Å²) in [6.45, 7) is 6.17. The second-order valence-corrected chi connectivity index (χ2v) is 6.55. The van der Waals surface area contributed by atoms with Gasteiger partial charge in [0.15, 0.2) is 0 Å². The second kappa shape index (κ2) is 4.81. The summed E-state index contributed by atoms with van der Waals surface area (Å²) in [5, 5.41) is 0. The maximum atomic E-state index is 11.4. The first kappa shape index (κ1) is 13.2. The molecule has 0 radical (unpaired) electrons. The number of aryl methyl sites for hydroxylation is 2. The first-order valence-corrected chi connectivity index (χ1v) is 7.73. The predicted octanol–water partition coefficient (Wildman–Crippen LogP) is 0.175. The zero-order chi connectivity index (χ0) is 13.3. The molecule has 0 unspecified atom stereocenters. The van der Waals surface area contributed by atoms with Crippen molar-refractivity contribution in [3.05, 3.63) is 17.6 Å². The summed E-state index contributed by atoms with van der Waals surface area (Å²) >= 11 is 0. The quantitative estimate of drug-likeness (QED) is 0.766. The summed E-state index contributed by atoms with van der Waals surface area (Å²) < 4.78 is 24.3.